The second-order valence-corrected chi connectivity index (χ2v) is 5.54. The topological polar surface area (TPSA) is 15.3 Å². The van der Waals surface area contributed by atoms with Crippen LogP contribution in [-0.4, -0.2) is 36.6 Å². The Morgan fingerprint density at radius 3 is 2.79 bits per heavy atom. The van der Waals surface area contributed by atoms with Gasteiger partial charge in [0.2, 0.25) is 0 Å². The van der Waals surface area contributed by atoms with Crippen molar-refractivity contribution in [3.05, 3.63) is 0 Å². The Balaban J connectivity index is 1.77. The third-order valence-corrected chi connectivity index (χ3v) is 4.77. The van der Waals surface area contributed by atoms with Gasteiger partial charge < -0.3 is 5.32 Å². The minimum atomic E-state index is 0.640. The summed E-state index contributed by atoms with van der Waals surface area (Å²) in [7, 11) is 0. The number of hydrogen-bond donors (Lipinski definition) is 1. The number of nitrogens with one attached hydrogen (secondary N) is 1. The van der Waals surface area contributed by atoms with Crippen LogP contribution in [0.1, 0.15) is 39.0 Å². The van der Waals surface area contributed by atoms with Crippen LogP contribution in [-0.2, 0) is 0 Å². The molecule has 0 bridgehead atoms. The summed E-state index contributed by atoms with van der Waals surface area (Å²) in [5, 5.41) is 3.57. The average molecular weight is 194 g/mol. The molecule has 14 heavy (non-hydrogen) atoms. The van der Waals surface area contributed by atoms with Gasteiger partial charge in [-0.15, -0.1) is 0 Å². The Morgan fingerprint density at radius 2 is 2.14 bits per heavy atom. The SMILES string of the molecule is CC1N(C2CC2)CCCC12CCNC2. The van der Waals surface area contributed by atoms with Gasteiger partial charge in [0.1, 0.15) is 0 Å². The maximum Gasteiger partial charge on any atom is 0.0139 e. The summed E-state index contributed by atoms with van der Waals surface area (Å²) in [5.74, 6) is 0. The van der Waals surface area contributed by atoms with Crippen molar-refractivity contribution < 1.29 is 0 Å². The normalized spacial score (nSPS) is 44.8. The van der Waals surface area contributed by atoms with Gasteiger partial charge >= 0.3 is 0 Å². The lowest BCUT2D eigenvalue weighted by Gasteiger charge is -2.47. The second kappa shape index (κ2) is 3.21. The molecule has 1 spiro atoms. The Morgan fingerprint density at radius 1 is 1.29 bits per heavy atom. The van der Waals surface area contributed by atoms with Gasteiger partial charge in [-0.1, -0.05) is 0 Å². The van der Waals surface area contributed by atoms with E-state index >= 15 is 0 Å². The maximum absolute atomic E-state index is 3.57. The summed E-state index contributed by atoms with van der Waals surface area (Å²) < 4.78 is 0. The van der Waals surface area contributed by atoms with Gasteiger partial charge in [0.25, 0.3) is 0 Å². The number of rotatable bonds is 1. The average Bonchev–Trinajstić information content (AvgIpc) is 2.92. The lowest BCUT2D eigenvalue weighted by molar-refractivity contribution is 0.0311. The molecule has 3 fully saturated rings. The van der Waals surface area contributed by atoms with Crippen LogP contribution < -0.4 is 5.32 Å². The molecule has 1 N–H and O–H groups in total. The molecule has 2 saturated heterocycles. The van der Waals surface area contributed by atoms with Gasteiger partial charge in [0.15, 0.2) is 0 Å². The van der Waals surface area contributed by atoms with E-state index in [0.717, 1.165) is 12.1 Å². The highest BCUT2D eigenvalue weighted by molar-refractivity contribution is 5.02. The molecule has 80 valence electrons. The molecule has 2 nitrogen and oxygen atoms in total. The molecule has 0 aromatic rings. The van der Waals surface area contributed by atoms with Crippen LogP contribution in [0.15, 0.2) is 0 Å². The molecule has 2 atom stereocenters. The van der Waals surface area contributed by atoms with Crippen LogP contribution in [0.25, 0.3) is 0 Å². The summed E-state index contributed by atoms with van der Waals surface area (Å²) >= 11 is 0. The van der Waals surface area contributed by atoms with E-state index in [-0.39, 0.29) is 0 Å². The number of hydrogen-bond acceptors (Lipinski definition) is 2. The van der Waals surface area contributed by atoms with Crippen LogP contribution in [0.3, 0.4) is 0 Å². The van der Waals surface area contributed by atoms with Crippen LogP contribution >= 0.6 is 0 Å². The predicted octanol–water partition coefficient (Wildman–Crippen LogP) is 1.61. The molecular weight excluding hydrogens is 172 g/mol. The minimum absolute atomic E-state index is 0.640. The van der Waals surface area contributed by atoms with Crippen molar-refractivity contribution in [1.82, 2.24) is 10.2 Å². The van der Waals surface area contributed by atoms with Crippen LogP contribution in [0, 0.1) is 5.41 Å². The minimum Gasteiger partial charge on any atom is -0.316 e. The monoisotopic (exact) mass is 194 g/mol. The van der Waals surface area contributed by atoms with E-state index < -0.39 is 0 Å². The molecule has 0 radical (unpaired) electrons. The lowest BCUT2D eigenvalue weighted by atomic mass is 9.73. The first kappa shape index (κ1) is 9.17. The van der Waals surface area contributed by atoms with Crippen molar-refractivity contribution in [2.24, 2.45) is 5.41 Å². The first-order chi connectivity index (χ1) is 6.82. The maximum atomic E-state index is 3.57. The van der Waals surface area contributed by atoms with Crippen molar-refractivity contribution in [2.45, 2.75) is 51.1 Å². The fourth-order valence-corrected chi connectivity index (χ4v) is 3.61. The van der Waals surface area contributed by atoms with Gasteiger partial charge in [-0.3, -0.25) is 4.90 Å². The van der Waals surface area contributed by atoms with E-state index in [4.69, 9.17) is 0 Å². The largest absolute Gasteiger partial charge is 0.316 e. The third-order valence-electron chi connectivity index (χ3n) is 4.77. The summed E-state index contributed by atoms with van der Waals surface area (Å²) in [4.78, 5) is 2.80. The zero-order valence-electron chi connectivity index (χ0n) is 9.26. The molecule has 0 aromatic heterocycles. The van der Waals surface area contributed by atoms with E-state index in [2.05, 4.69) is 17.1 Å². The zero-order chi connectivity index (χ0) is 9.60. The quantitative estimate of drug-likeness (QED) is 0.682. The fraction of sp³-hybridized carbons (Fsp3) is 1.00. The van der Waals surface area contributed by atoms with Gasteiger partial charge in [-0.25, -0.2) is 0 Å². The first-order valence-electron chi connectivity index (χ1n) is 6.28. The van der Waals surface area contributed by atoms with E-state index in [1.165, 1.54) is 51.7 Å². The third kappa shape index (κ3) is 1.31. The van der Waals surface area contributed by atoms with E-state index in [1.807, 2.05) is 0 Å². The van der Waals surface area contributed by atoms with Crippen LogP contribution in [0.4, 0.5) is 0 Å². The van der Waals surface area contributed by atoms with Gasteiger partial charge in [0, 0.05) is 18.6 Å². The molecule has 1 aliphatic carbocycles. The summed E-state index contributed by atoms with van der Waals surface area (Å²) in [6.45, 7) is 6.37. The molecule has 3 aliphatic rings. The van der Waals surface area contributed by atoms with E-state index in [9.17, 15) is 0 Å². The summed E-state index contributed by atoms with van der Waals surface area (Å²) in [6, 6.07) is 1.79. The highest BCUT2D eigenvalue weighted by Gasteiger charge is 2.47. The number of nitrogens with zero attached hydrogens (tertiary/aromatic N) is 1. The Labute approximate surface area is 87.0 Å². The number of piperidine rings is 1. The van der Waals surface area contributed by atoms with Gasteiger partial charge in [0.05, 0.1) is 0 Å². The van der Waals surface area contributed by atoms with Gasteiger partial charge in [-0.05, 0) is 57.5 Å². The van der Waals surface area contributed by atoms with E-state index in [0.29, 0.717) is 5.41 Å². The van der Waals surface area contributed by atoms with Crippen LogP contribution in [0.2, 0.25) is 0 Å². The Kier molecular flexibility index (Phi) is 2.10. The second-order valence-electron chi connectivity index (χ2n) is 5.54. The van der Waals surface area contributed by atoms with Crippen molar-refractivity contribution in [3.63, 3.8) is 0 Å². The Hall–Kier alpha value is -0.0800. The smallest absolute Gasteiger partial charge is 0.0139 e. The van der Waals surface area contributed by atoms with E-state index in [1.54, 1.807) is 0 Å². The molecule has 3 rings (SSSR count). The molecular formula is C12H22N2. The Bertz CT molecular complexity index is 216. The zero-order valence-corrected chi connectivity index (χ0v) is 9.26. The predicted molar refractivity (Wildman–Crippen MR) is 58.3 cm³/mol. The molecule has 1 saturated carbocycles. The standard InChI is InChI=1S/C12H22N2/c1-10-12(6-7-13-9-12)5-2-8-14(10)11-3-4-11/h10-11,13H,2-9H2,1H3. The van der Waals surface area contributed by atoms with Crippen molar-refractivity contribution in [2.75, 3.05) is 19.6 Å². The summed E-state index contributed by atoms with van der Waals surface area (Å²) in [6.07, 6.45) is 7.24. The van der Waals surface area contributed by atoms with Crippen molar-refractivity contribution >= 4 is 0 Å². The lowest BCUT2D eigenvalue weighted by Crippen LogP contribution is -2.52. The molecule has 2 heterocycles. The fourth-order valence-electron chi connectivity index (χ4n) is 3.61. The molecule has 0 amide bonds. The molecule has 0 aromatic carbocycles. The van der Waals surface area contributed by atoms with Gasteiger partial charge in [-0.2, -0.15) is 0 Å². The highest BCUT2D eigenvalue weighted by atomic mass is 15.2. The van der Waals surface area contributed by atoms with Crippen molar-refractivity contribution in [1.29, 1.82) is 0 Å². The molecule has 2 aliphatic heterocycles. The molecule has 2 heteroatoms. The van der Waals surface area contributed by atoms with Crippen molar-refractivity contribution in [3.8, 4) is 0 Å². The highest BCUT2D eigenvalue weighted by Crippen LogP contribution is 2.44. The summed E-state index contributed by atoms with van der Waals surface area (Å²) in [5.41, 5.74) is 0.640. The molecule has 2 unspecified atom stereocenters. The first-order valence-corrected chi connectivity index (χ1v) is 6.28. The number of likely N-dealkylation sites (tertiary alicyclic amines) is 1. The van der Waals surface area contributed by atoms with Crippen LogP contribution in [0.5, 0.6) is 0 Å².